The van der Waals surface area contributed by atoms with Gasteiger partial charge in [-0.25, -0.2) is 9.37 Å². The van der Waals surface area contributed by atoms with Crippen molar-refractivity contribution in [3.8, 4) is 5.75 Å². The van der Waals surface area contributed by atoms with Crippen LogP contribution in [0.5, 0.6) is 5.75 Å². The van der Waals surface area contributed by atoms with Gasteiger partial charge >= 0.3 is 0 Å². The normalized spacial score (nSPS) is 18.3. The Morgan fingerprint density at radius 1 is 1.40 bits per heavy atom. The van der Waals surface area contributed by atoms with Gasteiger partial charge in [0.05, 0.1) is 7.11 Å². The number of piperidine rings is 1. The predicted octanol–water partition coefficient (Wildman–Crippen LogP) is 2.86. The molecule has 1 aromatic heterocycles. The molecule has 134 valence electrons. The lowest BCUT2D eigenvalue weighted by Crippen LogP contribution is -2.35. The second-order valence-corrected chi connectivity index (χ2v) is 6.51. The maximum absolute atomic E-state index is 14.1. The fourth-order valence-electron chi connectivity index (χ4n) is 3.37. The number of benzene rings is 1. The summed E-state index contributed by atoms with van der Waals surface area (Å²) in [5.41, 5.74) is 1.34. The smallest absolute Gasteiger partial charge is 0.251 e. The van der Waals surface area contributed by atoms with Gasteiger partial charge in [0.15, 0.2) is 0 Å². The number of ether oxygens (including phenoxy) is 1. The highest BCUT2D eigenvalue weighted by Gasteiger charge is 2.24. The van der Waals surface area contributed by atoms with E-state index in [9.17, 15) is 9.18 Å². The van der Waals surface area contributed by atoms with E-state index >= 15 is 0 Å². The Morgan fingerprint density at radius 2 is 2.24 bits per heavy atom. The summed E-state index contributed by atoms with van der Waals surface area (Å²) in [6.07, 6.45) is 2.71. The number of hydrogen-bond acceptors (Lipinski definition) is 4. The van der Waals surface area contributed by atoms with Crippen molar-refractivity contribution in [3.05, 3.63) is 57.5 Å². The van der Waals surface area contributed by atoms with Crippen LogP contribution in [0.2, 0.25) is 0 Å². The number of methoxy groups -OCH3 is 1. The topological polar surface area (TPSA) is 58.2 Å². The summed E-state index contributed by atoms with van der Waals surface area (Å²) in [5, 5.41) is 0. The molecule has 2 aromatic rings. The molecule has 0 bridgehead atoms. The summed E-state index contributed by atoms with van der Waals surface area (Å²) < 4.78 is 19.3. The van der Waals surface area contributed by atoms with E-state index < -0.39 is 0 Å². The fourth-order valence-corrected chi connectivity index (χ4v) is 3.37. The van der Waals surface area contributed by atoms with E-state index in [0.717, 1.165) is 43.9 Å². The number of aryl methyl sites for hydroxylation is 1. The molecule has 0 aliphatic carbocycles. The van der Waals surface area contributed by atoms with Crippen molar-refractivity contribution >= 4 is 0 Å². The Balaban J connectivity index is 1.75. The molecule has 1 saturated heterocycles. The Morgan fingerprint density at radius 3 is 3.00 bits per heavy atom. The number of H-pyrrole nitrogens is 1. The van der Waals surface area contributed by atoms with Crippen LogP contribution in [-0.2, 0) is 13.0 Å². The molecule has 0 radical (unpaired) electrons. The molecular weight excluding hydrogens is 321 g/mol. The Kier molecular flexibility index (Phi) is 5.48. The van der Waals surface area contributed by atoms with Crippen LogP contribution in [-0.4, -0.2) is 35.1 Å². The zero-order valence-electron chi connectivity index (χ0n) is 14.7. The quantitative estimate of drug-likeness (QED) is 0.905. The number of nitrogens with one attached hydrogen (secondary N) is 1. The monoisotopic (exact) mass is 345 g/mol. The van der Waals surface area contributed by atoms with Gasteiger partial charge in [-0.3, -0.25) is 9.69 Å². The van der Waals surface area contributed by atoms with Gasteiger partial charge in [0.25, 0.3) is 5.56 Å². The molecule has 5 nitrogen and oxygen atoms in total. The molecule has 3 rings (SSSR count). The number of likely N-dealkylation sites (tertiary alicyclic amines) is 1. The summed E-state index contributed by atoms with van der Waals surface area (Å²) in [6.45, 7) is 4.18. The molecule has 1 N–H and O–H groups in total. The zero-order valence-corrected chi connectivity index (χ0v) is 14.7. The summed E-state index contributed by atoms with van der Waals surface area (Å²) in [4.78, 5) is 21.5. The summed E-state index contributed by atoms with van der Waals surface area (Å²) in [7, 11) is 1.58. The average molecular weight is 345 g/mol. The van der Waals surface area contributed by atoms with Crippen LogP contribution in [0.4, 0.5) is 4.39 Å². The van der Waals surface area contributed by atoms with Crippen LogP contribution in [0.15, 0.2) is 29.1 Å². The van der Waals surface area contributed by atoms with Crippen LogP contribution in [0.25, 0.3) is 0 Å². The SMILES string of the molecule is CCc1cc(=O)[nH]c(C2CCCN(Cc3cc(OC)ccc3F)C2)n1. The minimum Gasteiger partial charge on any atom is -0.497 e. The Bertz CT molecular complexity index is 790. The second kappa shape index (κ2) is 7.78. The largest absolute Gasteiger partial charge is 0.497 e. The second-order valence-electron chi connectivity index (χ2n) is 6.51. The average Bonchev–Trinajstić information content (AvgIpc) is 2.63. The van der Waals surface area contributed by atoms with Crippen LogP contribution in [0.3, 0.4) is 0 Å². The van der Waals surface area contributed by atoms with Gasteiger partial charge in [-0.15, -0.1) is 0 Å². The van der Waals surface area contributed by atoms with E-state index in [2.05, 4.69) is 14.9 Å². The number of nitrogens with zero attached hydrogens (tertiary/aromatic N) is 2. The highest BCUT2D eigenvalue weighted by molar-refractivity contribution is 5.29. The molecule has 1 aromatic carbocycles. The summed E-state index contributed by atoms with van der Waals surface area (Å²) >= 11 is 0. The molecule has 1 aliphatic heterocycles. The molecule has 0 saturated carbocycles. The molecule has 6 heteroatoms. The van der Waals surface area contributed by atoms with Gasteiger partial charge in [0.2, 0.25) is 0 Å². The highest BCUT2D eigenvalue weighted by atomic mass is 19.1. The fraction of sp³-hybridized carbons (Fsp3) is 0.474. The third-order valence-electron chi connectivity index (χ3n) is 4.71. The van der Waals surface area contributed by atoms with Crippen LogP contribution >= 0.6 is 0 Å². The molecule has 0 spiro atoms. The Hall–Kier alpha value is -2.21. The van der Waals surface area contributed by atoms with Crippen molar-refractivity contribution in [2.75, 3.05) is 20.2 Å². The molecule has 1 unspecified atom stereocenters. The number of halogens is 1. The van der Waals surface area contributed by atoms with Crippen molar-refractivity contribution in [1.29, 1.82) is 0 Å². The van der Waals surface area contributed by atoms with Crippen molar-refractivity contribution in [2.45, 2.75) is 38.6 Å². The van der Waals surface area contributed by atoms with Gasteiger partial charge in [-0.1, -0.05) is 6.92 Å². The zero-order chi connectivity index (χ0) is 17.8. The first-order valence-corrected chi connectivity index (χ1v) is 8.74. The van der Waals surface area contributed by atoms with Crippen LogP contribution in [0.1, 0.15) is 42.8 Å². The molecule has 25 heavy (non-hydrogen) atoms. The van der Waals surface area contributed by atoms with E-state index in [0.29, 0.717) is 17.9 Å². The summed E-state index contributed by atoms with van der Waals surface area (Å²) in [5.74, 6) is 1.36. The molecular formula is C19H24FN3O2. The molecule has 2 heterocycles. The van der Waals surface area contributed by atoms with Crippen molar-refractivity contribution in [3.63, 3.8) is 0 Å². The van der Waals surface area contributed by atoms with Gasteiger partial charge in [0, 0.05) is 36.3 Å². The van der Waals surface area contributed by atoms with Gasteiger partial charge in [-0.2, -0.15) is 0 Å². The van der Waals surface area contributed by atoms with Crippen LogP contribution in [0, 0.1) is 5.82 Å². The van der Waals surface area contributed by atoms with Crippen LogP contribution < -0.4 is 10.3 Å². The minimum atomic E-state index is -0.220. The molecule has 1 atom stereocenters. The lowest BCUT2D eigenvalue weighted by atomic mass is 9.96. The van der Waals surface area contributed by atoms with Gasteiger partial charge < -0.3 is 9.72 Å². The van der Waals surface area contributed by atoms with E-state index in [1.165, 1.54) is 6.07 Å². The van der Waals surface area contributed by atoms with Gasteiger partial charge in [-0.05, 0) is 44.0 Å². The number of hydrogen-bond donors (Lipinski definition) is 1. The lowest BCUT2D eigenvalue weighted by Gasteiger charge is -2.32. The van der Waals surface area contributed by atoms with Crippen molar-refractivity contribution in [2.24, 2.45) is 0 Å². The number of aromatic amines is 1. The molecule has 1 aliphatic rings. The predicted molar refractivity (Wildman–Crippen MR) is 94.4 cm³/mol. The maximum Gasteiger partial charge on any atom is 0.251 e. The first kappa shape index (κ1) is 17.6. The summed E-state index contributed by atoms with van der Waals surface area (Å²) in [6, 6.07) is 6.37. The van der Waals surface area contributed by atoms with Crippen molar-refractivity contribution in [1.82, 2.24) is 14.9 Å². The third kappa shape index (κ3) is 4.25. The van der Waals surface area contributed by atoms with E-state index in [4.69, 9.17) is 4.74 Å². The first-order valence-electron chi connectivity index (χ1n) is 8.74. The minimum absolute atomic E-state index is 0.0992. The first-order chi connectivity index (χ1) is 12.1. The van der Waals surface area contributed by atoms with E-state index in [1.54, 1.807) is 25.3 Å². The Labute approximate surface area is 146 Å². The number of rotatable bonds is 5. The third-order valence-corrected chi connectivity index (χ3v) is 4.71. The van der Waals surface area contributed by atoms with E-state index in [-0.39, 0.29) is 17.3 Å². The highest BCUT2D eigenvalue weighted by Crippen LogP contribution is 2.26. The van der Waals surface area contributed by atoms with Gasteiger partial charge in [0.1, 0.15) is 17.4 Å². The lowest BCUT2D eigenvalue weighted by molar-refractivity contribution is 0.194. The van der Waals surface area contributed by atoms with E-state index in [1.807, 2.05) is 6.92 Å². The standard InChI is InChI=1S/C19H24FN3O2/c1-3-15-10-18(24)22-19(21-15)13-5-4-8-23(11-13)12-14-9-16(25-2)6-7-17(14)20/h6-7,9-10,13H,3-5,8,11-12H2,1-2H3,(H,21,22,24). The maximum atomic E-state index is 14.1. The molecule has 1 fully saturated rings. The number of aromatic nitrogens is 2. The molecule has 0 amide bonds. The van der Waals surface area contributed by atoms with Crippen molar-refractivity contribution < 1.29 is 9.13 Å².